The number of carbonyl (C=O) groups is 3. The van der Waals surface area contributed by atoms with Crippen LogP contribution in [0.4, 0.5) is 0 Å². The molecule has 0 bridgehead atoms. The number of hydrogen-bond acceptors (Lipinski definition) is 6. The van der Waals surface area contributed by atoms with Crippen LogP contribution < -0.4 is 0 Å². The van der Waals surface area contributed by atoms with E-state index < -0.39 is 18.1 Å². The first kappa shape index (κ1) is 36.3. The molecule has 0 aromatic carbocycles. The SMILES string of the molecule is CCCCCCCCCCCCCCCCC(=O)OC(COCCC(C(=O)O)[N+](C)(C)C)COC(=O)CC. The maximum atomic E-state index is 12.3. The summed E-state index contributed by atoms with van der Waals surface area (Å²) in [6.07, 6.45) is 17.8. The normalized spacial score (nSPS) is 13.2. The Morgan fingerprint density at radius 2 is 1.21 bits per heavy atom. The third kappa shape index (κ3) is 21.3. The molecule has 8 nitrogen and oxygen atoms in total. The predicted molar refractivity (Wildman–Crippen MR) is 151 cm³/mol. The molecule has 0 heterocycles. The topological polar surface area (TPSA) is 99.1 Å². The molecular weight excluding hydrogens is 486 g/mol. The Morgan fingerprint density at radius 1 is 0.711 bits per heavy atom. The van der Waals surface area contributed by atoms with Gasteiger partial charge in [-0.25, -0.2) is 4.79 Å². The first-order valence-electron chi connectivity index (χ1n) is 15.1. The van der Waals surface area contributed by atoms with E-state index in [0.717, 1.165) is 19.3 Å². The van der Waals surface area contributed by atoms with Gasteiger partial charge in [0.15, 0.2) is 12.1 Å². The molecule has 2 unspecified atom stereocenters. The summed E-state index contributed by atoms with van der Waals surface area (Å²) in [5, 5.41) is 9.44. The molecule has 224 valence electrons. The molecule has 1 N–H and O–H groups in total. The Labute approximate surface area is 232 Å². The summed E-state index contributed by atoms with van der Waals surface area (Å²) in [5.74, 6) is -1.57. The molecule has 0 spiro atoms. The van der Waals surface area contributed by atoms with E-state index >= 15 is 0 Å². The van der Waals surface area contributed by atoms with E-state index in [2.05, 4.69) is 6.92 Å². The molecule has 0 saturated carbocycles. The summed E-state index contributed by atoms with van der Waals surface area (Å²) >= 11 is 0. The van der Waals surface area contributed by atoms with Crippen molar-refractivity contribution in [3.05, 3.63) is 0 Å². The average Bonchev–Trinajstić information content (AvgIpc) is 2.85. The Morgan fingerprint density at radius 3 is 1.66 bits per heavy atom. The van der Waals surface area contributed by atoms with Gasteiger partial charge in [-0.3, -0.25) is 9.59 Å². The highest BCUT2D eigenvalue weighted by Crippen LogP contribution is 2.14. The van der Waals surface area contributed by atoms with Gasteiger partial charge in [-0.05, 0) is 6.42 Å². The summed E-state index contributed by atoms with van der Waals surface area (Å²) in [6.45, 7) is 4.16. The molecule has 0 rings (SSSR count). The van der Waals surface area contributed by atoms with Crippen LogP contribution in [-0.4, -0.2) is 80.6 Å². The van der Waals surface area contributed by atoms with Gasteiger partial charge in [0.2, 0.25) is 0 Å². The fourth-order valence-electron chi connectivity index (χ4n) is 4.36. The lowest BCUT2D eigenvalue weighted by atomic mass is 10.0. The van der Waals surface area contributed by atoms with E-state index in [1.807, 2.05) is 21.1 Å². The number of aliphatic carboxylic acids is 1. The quantitative estimate of drug-likeness (QED) is 0.0776. The van der Waals surface area contributed by atoms with Gasteiger partial charge in [0.05, 0.1) is 34.4 Å². The van der Waals surface area contributed by atoms with Crippen molar-refractivity contribution in [2.45, 2.75) is 135 Å². The molecule has 0 radical (unpaired) electrons. The van der Waals surface area contributed by atoms with Crippen LogP contribution in [0.5, 0.6) is 0 Å². The van der Waals surface area contributed by atoms with Gasteiger partial charge in [-0.15, -0.1) is 0 Å². The fraction of sp³-hybridized carbons (Fsp3) is 0.900. The minimum absolute atomic E-state index is 0.0605. The number of esters is 2. The van der Waals surface area contributed by atoms with Gasteiger partial charge >= 0.3 is 17.9 Å². The van der Waals surface area contributed by atoms with Crippen molar-refractivity contribution in [1.82, 2.24) is 0 Å². The smallest absolute Gasteiger partial charge is 0.362 e. The highest BCUT2D eigenvalue weighted by molar-refractivity contribution is 5.72. The first-order valence-corrected chi connectivity index (χ1v) is 15.1. The van der Waals surface area contributed by atoms with Crippen molar-refractivity contribution < 1.29 is 38.2 Å². The Hall–Kier alpha value is -1.67. The molecule has 38 heavy (non-hydrogen) atoms. The van der Waals surface area contributed by atoms with Crippen molar-refractivity contribution >= 4 is 17.9 Å². The summed E-state index contributed by atoms with van der Waals surface area (Å²) < 4.78 is 16.6. The van der Waals surface area contributed by atoms with Crippen molar-refractivity contribution in [3.63, 3.8) is 0 Å². The number of carbonyl (C=O) groups excluding carboxylic acids is 2. The van der Waals surface area contributed by atoms with E-state index in [9.17, 15) is 19.5 Å². The lowest BCUT2D eigenvalue weighted by molar-refractivity contribution is -0.887. The number of carboxylic acid groups (broad SMARTS) is 1. The highest BCUT2D eigenvalue weighted by Gasteiger charge is 2.31. The van der Waals surface area contributed by atoms with Crippen molar-refractivity contribution in [3.8, 4) is 0 Å². The van der Waals surface area contributed by atoms with Crippen LogP contribution in [0, 0.1) is 0 Å². The number of rotatable bonds is 26. The summed E-state index contributed by atoms with van der Waals surface area (Å²) in [5.41, 5.74) is 0. The highest BCUT2D eigenvalue weighted by atomic mass is 16.6. The van der Waals surface area contributed by atoms with Crippen LogP contribution >= 0.6 is 0 Å². The average molecular weight is 545 g/mol. The molecule has 0 saturated heterocycles. The fourth-order valence-corrected chi connectivity index (χ4v) is 4.36. The van der Waals surface area contributed by atoms with Crippen LogP contribution in [0.3, 0.4) is 0 Å². The van der Waals surface area contributed by atoms with Gasteiger partial charge < -0.3 is 23.8 Å². The van der Waals surface area contributed by atoms with Crippen LogP contribution in [0.15, 0.2) is 0 Å². The number of ether oxygens (including phenoxy) is 3. The summed E-state index contributed by atoms with van der Waals surface area (Å²) in [7, 11) is 5.47. The van der Waals surface area contributed by atoms with Crippen LogP contribution in [0.1, 0.15) is 123 Å². The van der Waals surface area contributed by atoms with Crippen molar-refractivity contribution in [1.29, 1.82) is 0 Å². The number of nitrogens with zero attached hydrogens (tertiary/aromatic N) is 1. The minimum Gasteiger partial charge on any atom is -0.477 e. The van der Waals surface area contributed by atoms with Gasteiger partial charge in [0.1, 0.15) is 6.61 Å². The molecule has 2 atom stereocenters. The monoisotopic (exact) mass is 544 g/mol. The number of hydrogen-bond donors (Lipinski definition) is 1. The van der Waals surface area contributed by atoms with Gasteiger partial charge in [0.25, 0.3) is 0 Å². The second-order valence-electron chi connectivity index (χ2n) is 11.3. The standard InChI is InChI=1S/C30H57NO7/c1-6-8-9-10-11-12-13-14-15-16-17-18-19-20-21-29(33)38-26(25-37-28(32)7-2)24-36-23-22-27(30(34)35)31(3,4)5/h26-27H,6-25H2,1-5H3/p+1. The number of unbranched alkanes of at least 4 members (excludes halogenated alkanes) is 13. The van der Waals surface area contributed by atoms with Crippen LogP contribution in [-0.2, 0) is 28.6 Å². The maximum absolute atomic E-state index is 12.3. The molecular formula is C30H58NO7+. The Bertz CT molecular complexity index is 618. The third-order valence-corrected chi connectivity index (χ3v) is 6.81. The van der Waals surface area contributed by atoms with Gasteiger partial charge in [0, 0.05) is 19.3 Å². The Kier molecular flexibility index (Phi) is 22.2. The lowest BCUT2D eigenvalue weighted by Crippen LogP contribution is -2.50. The molecule has 0 amide bonds. The maximum Gasteiger partial charge on any atom is 0.362 e. The van der Waals surface area contributed by atoms with Crippen molar-refractivity contribution in [2.24, 2.45) is 0 Å². The van der Waals surface area contributed by atoms with E-state index in [4.69, 9.17) is 14.2 Å². The molecule has 0 aliphatic heterocycles. The molecule has 0 aliphatic carbocycles. The zero-order valence-electron chi connectivity index (χ0n) is 25.1. The number of quaternary nitrogens is 1. The lowest BCUT2D eigenvalue weighted by Gasteiger charge is -2.31. The molecule has 0 aromatic rings. The third-order valence-electron chi connectivity index (χ3n) is 6.81. The molecule has 8 heteroatoms. The number of carboxylic acids is 1. The minimum atomic E-state index is -0.880. The number of likely N-dealkylation sites (N-methyl/N-ethyl adjacent to an activating group) is 1. The molecule has 0 fully saturated rings. The van der Waals surface area contributed by atoms with E-state index in [-0.39, 0.29) is 42.7 Å². The van der Waals surface area contributed by atoms with Gasteiger partial charge in [-0.2, -0.15) is 0 Å². The molecule has 0 aliphatic rings. The first-order chi connectivity index (χ1) is 18.1. The second kappa shape index (κ2) is 23.2. The van der Waals surface area contributed by atoms with Crippen molar-refractivity contribution in [2.75, 3.05) is 41.0 Å². The van der Waals surface area contributed by atoms with Crippen LogP contribution in [0.2, 0.25) is 0 Å². The summed E-state index contributed by atoms with van der Waals surface area (Å²) in [6, 6.07) is -0.603. The largest absolute Gasteiger partial charge is 0.477 e. The van der Waals surface area contributed by atoms with Gasteiger partial charge in [-0.1, -0.05) is 97.3 Å². The summed E-state index contributed by atoms with van der Waals surface area (Å²) in [4.78, 5) is 35.4. The molecule has 0 aromatic heterocycles. The van der Waals surface area contributed by atoms with E-state index in [0.29, 0.717) is 12.8 Å². The zero-order chi connectivity index (χ0) is 28.7. The zero-order valence-corrected chi connectivity index (χ0v) is 25.1. The Balaban J connectivity index is 4.09. The second-order valence-corrected chi connectivity index (χ2v) is 11.3. The van der Waals surface area contributed by atoms with E-state index in [1.165, 1.54) is 70.6 Å². The van der Waals surface area contributed by atoms with Crippen LogP contribution in [0.25, 0.3) is 0 Å². The van der Waals surface area contributed by atoms with E-state index in [1.54, 1.807) is 6.92 Å². The predicted octanol–water partition coefficient (Wildman–Crippen LogP) is 6.29.